The number of fused-ring (bicyclic) bond motifs is 1. The normalized spacial score (nSPS) is 22.1. The standard InChI is InChI=1S/C16H16FN7O/c1-9-13(17)15(25)22-16(21-9)24-7-10-5-23(6-11(10)8-24)14-12(4-18)19-2-3-20-14/h2-3,10-11H,5-8H2,1H3,(H,21,22,25). The molecule has 0 saturated carbocycles. The molecule has 0 aromatic carbocycles. The van der Waals surface area contributed by atoms with E-state index in [1.54, 1.807) is 6.20 Å². The maximum Gasteiger partial charge on any atom is 0.288 e. The first-order chi connectivity index (χ1) is 12.1. The summed E-state index contributed by atoms with van der Waals surface area (Å²) in [6.07, 6.45) is 3.10. The van der Waals surface area contributed by atoms with E-state index < -0.39 is 11.4 Å². The Bertz CT molecular complexity index is 907. The zero-order valence-corrected chi connectivity index (χ0v) is 13.6. The second-order valence-electron chi connectivity index (χ2n) is 6.46. The van der Waals surface area contributed by atoms with Crippen molar-refractivity contribution in [3.05, 3.63) is 40.0 Å². The van der Waals surface area contributed by atoms with Crippen molar-refractivity contribution in [2.75, 3.05) is 36.0 Å². The lowest BCUT2D eigenvalue weighted by Gasteiger charge is -2.23. The predicted octanol–water partition coefficient (Wildman–Crippen LogP) is 0.452. The van der Waals surface area contributed by atoms with Crippen LogP contribution in [0.2, 0.25) is 0 Å². The highest BCUT2D eigenvalue weighted by Crippen LogP contribution is 2.35. The van der Waals surface area contributed by atoms with Crippen LogP contribution in [0.3, 0.4) is 0 Å². The molecule has 128 valence electrons. The fourth-order valence-electron chi connectivity index (χ4n) is 3.69. The summed E-state index contributed by atoms with van der Waals surface area (Å²) in [4.78, 5) is 30.7. The van der Waals surface area contributed by atoms with Gasteiger partial charge in [0.2, 0.25) is 11.8 Å². The SMILES string of the molecule is Cc1nc(N2CC3CN(c4nccnc4C#N)CC3C2)[nH]c(=O)c1F. The van der Waals surface area contributed by atoms with Gasteiger partial charge >= 0.3 is 0 Å². The van der Waals surface area contributed by atoms with Gasteiger partial charge in [-0.2, -0.15) is 9.65 Å². The summed E-state index contributed by atoms with van der Waals surface area (Å²) in [7, 11) is 0. The first kappa shape index (κ1) is 15.5. The molecule has 2 fully saturated rings. The third kappa shape index (κ3) is 2.59. The molecule has 2 aliphatic heterocycles. The van der Waals surface area contributed by atoms with Crippen molar-refractivity contribution in [1.29, 1.82) is 5.26 Å². The lowest BCUT2D eigenvalue weighted by atomic mass is 10.0. The Kier molecular flexibility index (Phi) is 3.60. The number of anilines is 2. The smallest absolute Gasteiger partial charge is 0.288 e. The minimum atomic E-state index is -0.832. The van der Waals surface area contributed by atoms with Crippen LogP contribution in [0.15, 0.2) is 17.2 Å². The molecule has 0 amide bonds. The lowest BCUT2D eigenvalue weighted by Crippen LogP contribution is -2.32. The Morgan fingerprint density at radius 1 is 1.20 bits per heavy atom. The summed E-state index contributed by atoms with van der Waals surface area (Å²) >= 11 is 0. The molecule has 2 saturated heterocycles. The molecule has 2 aromatic heterocycles. The van der Waals surface area contributed by atoms with Gasteiger partial charge in [-0.3, -0.25) is 9.78 Å². The van der Waals surface area contributed by atoms with Crippen LogP contribution in [-0.2, 0) is 0 Å². The predicted molar refractivity (Wildman–Crippen MR) is 87.7 cm³/mol. The van der Waals surface area contributed by atoms with Gasteiger partial charge in [0.25, 0.3) is 5.56 Å². The quantitative estimate of drug-likeness (QED) is 0.846. The molecule has 0 bridgehead atoms. The Morgan fingerprint density at radius 2 is 1.84 bits per heavy atom. The number of aromatic amines is 1. The summed E-state index contributed by atoms with van der Waals surface area (Å²) in [5, 5.41) is 9.19. The van der Waals surface area contributed by atoms with Gasteiger partial charge < -0.3 is 9.80 Å². The fraction of sp³-hybridized carbons (Fsp3) is 0.438. The number of hydrogen-bond donors (Lipinski definition) is 1. The fourth-order valence-corrected chi connectivity index (χ4v) is 3.69. The molecule has 0 aliphatic carbocycles. The zero-order chi connectivity index (χ0) is 17.6. The number of aryl methyl sites for hydroxylation is 1. The number of hydrogen-bond acceptors (Lipinski definition) is 7. The van der Waals surface area contributed by atoms with Gasteiger partial charge in [-0.05, 0) is 6.92 Å². The van der Waals surface area contributed by atoms with Crippen LogP contribution in [0, 0.1) is 35.9 Å². The van der Waals surface area contributed by atoms with Gasteiger partial charge in [-0.25, -0.2) is 15.0 Å². The first-order valence-corrected chi connectivity index (χ1v) is 8.04. The molecule has 2 atom stereocenters. The van der Waals surface area contributed by atoms with Crippen LogP contribution < -0.4 is 15.4 Å². The highest BCUT2D eigenvalue weighted by molar-refractivity contribution is 5.51. The minimum absolute atomic E-state index is 0.107. The monoisotopic (exact) mass is 341 g/mol. The maximum absolute atomic E-state index is 13.5. The average Bonchev–Trinajstić information content (AvgIpc) is 3.18. The van der Waals surface area contributed by atoms with E-state index in [9.17, 15) is 14.4 Å². The van der Waals surface area contributed by atoms with Crippen LogP contribution in [-0.4, -0.2) is 46.1 Å². The van der Waals surface area contributed by atoms with Gasteiger partial charge in [-0.1, -0.05) is 0 Å². The summed E-state index contributed by atoms with van der Waals surface area (Å²) in [5.74, 6) is 0.937. The second-order valence-corrected chi connectivity index (χ2v) is 6.46. The molecule has 25 heavy (non-hydrogen) atoms. The van der Waals surface area contributed by atoms with E-state index in [-0.39, 0.29) is 5.69 Å². The number of aromatic nitrogens is 4. The van der Waals surface area contributed by atoms with Crippen molar-refractivity contribution >= 4 is 11.8 Å². The number of H-pyrrole nitrogens is 1. The topological polar surface area (TPSA) is 102 Å². The van der Waals surface area contributed by atoms with E-state index in [4.69, 9.17) is 0 Å². The van der Waals surface area contributed by atoms with Gasteiger partial charge in [0, 0.05) is 50.4 Å². The van der Waals surface area contributed by atoms with E-state index in [0.717, 1.165) is 26.2 Å². The van der Waals surface area contributed by atoms with E-state index in [1.807, 2.05) is 4.90 Å². The summed E-state index contributed by atoms with van der Waals surface area (Å²) in [6, 6.07) is 2.08. The Labute approximate surface area is 143 Å². The third-order valence-corrected chi connectivity index (χ3v) is 4.89. The molecule has 0 spiro atoms. The Morgan fingerprint density at radius 3 is 2.48 bits per heavy atom. The molecule has 8 nitrogen and oxygen atoms in total. The van der Waals surface area contributed by atoms with Crippen molar-refractivity contribution in [2.45, 2.75) is 6.92 Å². The van der Waals surface area contributed by atoms with Crippen LogP contribution in [0.5, 0.6) is 0 Å². The van der Waals surface area contributed by atoms with Crippen molar-refractivity contribution in [2.24, 2.45) is 11.8 Å². The third-order valence-electron chi connectivity index (χ3n) is 4.89. The molecule has 9 heteroatoms. The van der Waals surface area contributed by atoms with E-state index in [0.29, 0.717) is 29.3 Å². The molecule has 0 radical (unpaired) electrons. The molecular weight excluding hydrogens is 325 g/mol. The first-order valence-electron chi connectivity index (χ1n) is 8.04. The number of nitrogens with zero attached hydrogens (tertiary/aromatic N) is 6. The highest BCUT2D eigenvalue weighted by Gasteiger charge is 2.41. The summed E-state index contributed by atoms with van der Waals surface area (Å²) in [5.41, 5.74) is -0.297. The molecule has 2 aliphatic rings. The number of nitrogens with one attached hydrogen (secondary N) is 1. The van der Waals surface area contributed by atoms with Crippen molar-refractivity contribution in [1.82, 2.24) is 19.9 Å². The van der Waals surface area contributed by atoms with Crippen LogP contribution in [0.25, 0.3) is 0 Å². The number of rotatable bonds is 2. The highest BCUT2D eigenvalue weighted by atomic mass is 19.1. The Hall–Kier alpha value is -3.02. The maximum atomic E-state index is 13.5. The number of nitriles is 1. The van der Waals surface area contributed by atoms with Gasteiger partial charge in [-0.15, -0.1) is 0 Å². The molecule has 2 unspecified atom stereocenters. The molecule has 1 N–H and O–H groups in total. The Balaban J connectivity index is 1.51. The van der Waals surface area contributed by atoms with Crippen LogP contribution in [0.1, 0.15) is 11.4 Å². The van der Waals surface area contributed by atoms with E-state index >= 15 is 0 Å². The zero-order valence-electron chi connectivity index (χ0n) is 13.6. The molecule has 4 rings (SSSR count). The van der Waals surface area contributed by atoms with Crippen molar-refractivity contribution in [3.63, 3.8) is 0 Å². The van der Waals surface area contributed by atoms with Crippen LogP contribution >= 0.6 is 0 Å². The van der Waals surface area contributed by atoms with Crippen molar-refractivity contribution in [3.8, 4) is 6.07 Å². The molecular formula is C16H16FN7O. The van der Waals surface area contributed by atoms with E-state index in [2.05, 4.69) is 30.9 Å². The van der Waals surface area contributed by atoms with E-state index in [1.165, 1.54) is 13.1 Å². The largest absolute Gasteiger partial charge is 0.353 e. The minimum Gasteiger partial charge on any atom is -0.353 e. The molecule has 4 heterocycles. The lowest BCUT2D eigenvalue weighted by molar-refractivity contribution is 0.533. The van der Waals surface area contributed by atoms with Crippen LogP contribution in [0.4, 0.5) is 16.2 Å². The second kappa shape index (κ2) is 5.81. The summed E-state index contributed by atoms with van der Waals surface area (Å²) in [6.45, 7) is 4.46. The van der Waals surface area contributed by atoms with Gasteiger partial charge in [0.15, 0.2) is 11.5 Å². The number of halogens is 1. The summed E-state index contributed by atoms with van der Waals surface area (Å²) < 4.78 is 13.5. The van der Waals surface area contributed by atoms with Gasteiger partial charge in [0.1, 0.15) is 6.07 Å². The molecule has 2 aromatic rings. The van der Waals surface area contributed by atoms with Crippen molar-refractivity contribution < 1.29 is 4.39 Å². The average molecular weight is 341 g/mol. The van der Waals surface area contributed by atoms with Gasteiger partial charge in [0.05, 0.1) is 5.69 Å².